The Kier molecular flexibility index (Phi) is 4.45. The van der Waals surface area contributed by atoms with Gasteiger partial charge >= 0.3 is 5.63 Å². The summed E-state index contributed by atoms with van der Waals surface area (Å²) >= 11 is 0. The summed E-state index contributed by atoms with van der Waals surface area (Å²) in [6.45, 7) is 3.32. The molecule has 41 heavy (non-hydrogen) atoms. The number of hydrogen-bond donors (Lipinski definition) is 0. The summed E-state index contributed by atoms with van der Waals surface area (Å²) in [7, 11) is 0. The van der Waals surface area contributed by atoms with Gasteiger partial charge in [-0.1, -0.05) is 48.5 Å². The molecule has 0 amide bonds. The maximum atomic E-state index is 12.9. The lowest BCUT2D eigenvalue weighted by Gasteiger charge is -2.43. The largest absolute Gasteiger partial charge is 0.423 e. The molecule has 1 unspecified atom stereocenters. The van der Waals surface area contributed by atoms with Gasteiger partial charge in [0.15, 0.2) is 0 Å². The molecule has 9 rings (SSSR count). The smallest absolute Gasteiger partial charge is 0.336 e. The number of rotatable bonds is 2. The zero-order valence-electron chi connectivity index (χ0n) is 22.7. The zero-order valence-corrected chi connectivity index (χ0v) is 22.7. The topological polar surface area (TPSA) is 43.3 Å². The number of hydrogen-bond acceptors (Lipinski definition) is 3. The molecule has 5 heterocycles. The van der Waals surface area contributed by atoms with Crippen LogP contribution in [0.4, 0.5) is 5.69 Å². The SMILES string of the molecule is CC12CCCN1c1cc3oc(=O)cc(-c4ccc(-n5c6ccccc6c6ccccc65)cc4)c3cc1-n1cccc12. The monoisotopic (exact) mass is 533 g/mol. The number of nitrogens with zero attached hydrogens (tertiary/aromatic N) is 3. The molecule has 0 saturated carbocycles. The third-order valence-corrected chi connectivity index (χ3v) is 9.35. The van der Waals surface area contributed by atoms with Crippen LogP contribution in [0.3, 0.4) is 0 Å². The Labute approximate surface area is 236 Å². The summed E-state index contributed by atoms with van der Waals surface area (Å²) in [5, 5.41) is 3.42. The Morgan fingerprint density at radius 3 is 2.24 bits per heavy atom. The van der Waals surface area contributed by atoms with Crippen LogP contribution in [-0.2, 0) is 5.54 Å². The number of benzene rings is 4. The van der Waals surface area contributed by atoms with Crippen LogP contribution in [0.2, 0.25) is 0 Å². The van der Waals surface area contributed by atoms with Crippen LogP contribution in [0.1, 0.15) is 25.5 Å². The summed E-state index contributed by atoms with van der Waals surface area (Å²) < 4.78 is 10.4. The van der Waals surface area contributed by atoms with E-state index in [0.717, 1.165) is 53.0 Å². The minimum Gasteiger partial charge on any atom is -0.423 e. The normalized spacial score (nSPS) is 17.7. The summed E-state index contributed by atoms with van der Waals surface area (Å²) in [5.74, 6) is 0. The Morgan fingerprint density at radius 2 is 1.49 bits per heavy atom. The van der Waals surface area contributed by atoms with Crippen LogP contribution in [0, 0.1) is 0 Å². The molecule has 4 aromatic carbocycles. The fourth-order valence-electron chi connectivity index (χ4n) is 7.47. The zero-order chi connectivity index (χ0) is 27.3. The van der Waals surface area contributed by atoms with E-state index < -0.39 is 0 Å². The van der Waals surface area contributed by atoms with Crippen LogP contribution in [0.15, 0.2) is 119 Å². The fraction of sp³-hybridized carbons (Fsp3) is 0.139. The van der Waals surface area contributed by atoms with Crippen LogP contribution >= 0.6 is 0 Å². The van der Waals surface area contributed by atoms with Gasteiger partial charge in [0, 0.05) is 52.4 Å². The van der Waals surface area contributed by atoms with Crippen LogP contribution in [0.5, 0.6) is 0 Å². The van der Waals surface area contributed by atoms with E-state index in [1.54, 1.807) is 6.07 Å². The summed E-state index contributed by atoms with van der Waals surface area (Å²) in [4.78, 5) is 15.3. The van der Waals surface area contributed by atoms with Crippen molar-refractivity contribution in [2.75, 3.05) is 11.4 Å². The first kappa shape index (κ1) is 22.8. The minimum absolute atomic E-state index is 0.0509. The number of anilines is 1. The highest BCUT2D eigenvalue weighted by molar-refractivity contribution is 6.09. The lowest BCUT2D eigenvalue weighted by atomic mass is 9.91. The van der Waals surface area contributed by atoms with E-state index in [1.165, 1.54) is 27.5 Å². The molecule has 1 saturated heterocycles. The molecule has 0 radical (unpaired) electrons. The van der Waals surface area contributed by atoms with Gasteiger partial charge in [-0.2, -0.15) is 0 Å². The van der Waals surface area contributed by atoms with E-state index in [2.05, 4.69) is 124 Å². The highest BCUT2D eigenvalue weighted by Gasteiger charge is 2.44. The number of para-hydroxylation sites is 2. The van der Waals surface area contributed by atoms with Gasteiger partial charge in [0.05, 0.1) is 27.9 Å². The van der Waals surface area contributed by atoms with Crippen molar-refractivity contribution in [2.45, 2.75) is 25.3 Å². The van der Waals surface area contributed by atoms with E-state index >= 15 is 0 Å². The van der Waals surface area contributed by atoms with Gasteiger partial charge in [0.25, 0.3) is 0 Å². The molecule has 0 aliphatic carbocycles. The lowest BCUT2D eigenvalue weighted by molar-refractivity contribution is 0.457. The highest BCUT2D eigenvalue weighted by Crippen LogP contribution is 2.50. The predicted molar refractivity (Wildman–Crippen MR) is 166 cm³/mol. The van der Waals surface area contributed by atoms with E-state index in [9.17, 15) is 4.79 Å². The van der Waals surface area contributed by atoms with Gasteiger partial charge < -0.3 is 18.5 Å². The van der Waals surface area contributed by atoms with Crippen molar-refractivity contribution in [3.8, 4) is 22.5 Å². The molecule has 198 valence electrons. The lowest BCUT2D eigenvalue weighted by Crippen LogP contribution is -2.43. The maximum Gasteiger partial charge on any atom is 0.336 e. The molecule has 1 fully saturated rings. The molecule has 0 bridgehead atoms. The van der Waals surface area contributed by atoms with Crippen molar-refractivity contribution in [1.29, 1.82) is 0 Å². The van der Waals surface area contributed by atoms with Crippen molar-refractivity contribution in [2.24, 2.45) is 0 Å². The molecule has 5 heteroatoms. The van der Waals surface area contributed by atoms with Crippen LogP contribution in [-0.4, -0.2) is 15.7 Å². The van der Waals surface area contributed by atoms with Gasteiger partial charge in [-0.05, 0) is 73.4 Å². The molecule has 5 nitrogen and oxygen atoms in total. The van der Waals surface area contributed by atoms with E-state index in [1.807, 2.05) is 0 Å². The quantitative estimate of drug-likeness (QED) is 0.211. The Morgan fingerprint density at radius 1 is 0.756 bits per heavy atom. The number of fused-ring (bicyclic) bond motifs is 10. The first-order chi connectivity index (χ1) is 20.1. The summed E-state index contributed by atoms with van der Waals surface area (Å²) in [6, 6.07) is 35.9. The minimum atomic E-state index is -0.333. The highest BCUT2D eigenvalue weighted by atomic mass is 16.4. The maximum absolute atomic E-state index is 12.9. The molecule has 3 aromatic heterocycles. The second kappa shape index (κ2) is 8.01. The van der Waals surface area contributed by atoms with Crippen molar-refractivity contribution in [1.82, 2.24) is 9.13 Å². The van der Waals surface area contributed by atoms with E-state index in [0.29, 0.717) is 5.58 Å². The van der Waals surface area contributed by atoms with Gasteiger partial charge in [0.2, 0.25) is 0 Å². The van der Waals surface area contributed by atoms with E-state index in [-0.39, 0.29) is 11.2 Å². The Bertz CT molecular complexity index is 2180. The Balaban J connectivity index is 1.23. The molecular formula is C36H27N3O2. The first-order valence-corrected chi connectivity index (χ1v) is 14.3. The Hall–Kier alpha value is -5.03. The molecule has 1 atom stereocenters. The van der Waals surface area contributed by atoms with E-state index in [4.69, 9.17) is 4.42 Å². The molecule has 2 aliphatic rings. The second-order valence-corrected chi connectivity index (χ2v) is 11.5. The van der Waals surface area contributed by atoms with Gasteiger partial charge in [-0.3, -0.25) is 0 Å². The summed E-state index contributed by atoms with van der Waals surface area (Å²) in [5.41, 5.74) is 9.13. The van der Waals surface area contributed by atoms with Gasteiger partial charge in [-0.15, -0.1) is 0 Å². The second-order valence-electron chi connectivity index (χ2n) is 11.5. The average molecular weight is 534 g/mol. The molecular weight excluding hydrogens is 506 g/mol. The molecule has 2 aliphatic heterocycles. The van der Waals surface area contributed by atoms with Crippen molar-refractivity contribution in [3.63, 3.8) is 0 Å². The third kappa shape index (κ3) is 3.03. The number of aromatic nitrogens is 2. The van der Waals surface area contributed by atoms with Crippen molar-refractivity contribution in [3.05, 3.63) is 125 Å². The predicted octanol–water partition coefficient (Wildman–Crippen LogP) is 8.18. The summed E-state index contributed by atoms with van der Waals surface area (Å²) in [6.07, 6.45) is 4.40. The molecule has 0 N–H and O–H groups in total. The van der Waals surface area contributed by atoms with Gasteiger partial charge in [-0.25, -0.2) is 4.79 Å². The standard InChI is InChI=1S/C36H27N3O2/c1-36-17-7-19-38(36)32-22-33-28(20-31(32)37-18-6-12-34(36)37)27(21-35(40)41-33)23-13-15-24(16-14-23)39-29-10-4-2-8-25(29)26-9-3-5-11-30(26)39/h2-6,8-16,18,20-22H,7,17,19H2,1H3. The third-order valence-electron chi connectivity index (χ3n) is 9.35. The average Bonchev–Trinajstić information content (AvgIpc) is 3.73. The fourth-order valence-corrected chi connectivity index (χ4v) is 7.47. The van der Waals surface area contributed by atoms with Crippen molar-refractivity contribution < 1.29 is 4.42 Å². The van der Waals surface area contributed by atoms with Crippen LogP contribution in [0.25, 0.3) is 55.3 Å². The molecule has 7 aromatic rings. The van der Waals surface area contributed by atoms with Crippen molar-refractivity contribution >= 4 is 38.5 Å². The van der Waals surface area contributed by atoms with Gasteiger partial charge in [0.1, 0.15) is 5.58 Å². The van der Waals surface area contributed by atoms with Crippen LogP contribution < -0.4 is 10.5 Å². The first-order valence-electron chi connectivity index (χ1n) is 14.3. The molecule has 0 spiro atoms.